The number of hydrogen-bond acceptors (Lipinski definition) is 6. The molecular weight excluding hydrogens is 472 g/mol. The average molecular weight is 496 g/mol. The number of halogens is 4. The van der Waals surface area contributed by atoms with Crippen LogP contribution in [0.4, 0.5) is 17.6 Å². The second-order valence-corrected chi connectivity index (χ2v) is 7.84. The molecule has 3 aromatic rings. The minimum atomic E-state index is -4.27. The van der Waals surface area contributed by atoms with Gasteiger partial charge in [0, 0.05) is 49.6 Å². The van der Waals surface area contributed by atoms with Gasteiger partial charge in [-0.25, -0.2) is 13.8 Å². The molecule has 188 valence electrons. The maximum Gasteiger partial charge on any atom is 0.340 e. The van der Waals surface area contributed by atoms with Gasteiger partial charge in [-0.1, -0.05) is 0 Å². The molecule has 9 nitrogen and oxygen atoms in total. The van der Waals surface area contributed by atoms with Crippen LogP contribution < -0.4 is 15.4 Å². The van der Waals surface area contributed by atoms with Crippen LogP contribution in [-0.4, -0.2) is 63.6 Å². The number of ether oxygens (including phenoxy) is 1. The lowest BCUT2D eigenvalue weighted by molar-refractivity contribution is -0.148. The molecule has 0 bridgehead atoms. The van der Waals surface area contributed by atoms with Gasteiger partial charge in [0.05, 0.1) is 24.2 Å². The average Bonchev–Trinajstić information content (AvgIpc) is 3.19. The van der Waals surface area contributed by atoms with Crippen LogP contribution in [0.3, 0.4) is 0 Å². The Morgan fingerprint density at radius 2 is 1.94 bits per heavy atom. The number of nitrogens with zero attached hydrogens (tertiary/aromatic N) is 4. The fourth-order valence-corrected chi connectivity index (χ4v) is 3.20. The van der Waals surface area contributed by atoms with E-state index in [1.807, 2.05) is 0 Å². The first kappa shape index (κ1) is 25.8. The van der Waals surface area contributed by atoms with Crippen LogP contribution >= 0.6 is 0 Å². The second-order valence-electron chi connectivity index (χ2n) is 7.84. The number of fused-ring (bicyclic) bond motifs is 1. The smallest absolute Gasteiger partial charge is 0.340 e. The van der Waals surface area contributed by atoms with Crippen molar-refractivity contribution in [1.82, 2.24) is 30.4 Å². The normalized spacial score (nSPS) is 11.6. The van der Waals surface area contributed by atoms with Crippen LogP contribution in [-0.2, 0) is 22.6 Å². The Morgan fingerprint density at radius 3 is 2.63 bits per heavy atom. The molecule has 0 radical (unpaired) electrons. The van der Waals surface area contributed by atoms with E-state index in [4.69, 9.17) is 4.74 Å². The van der Waals surface area contributed by atoms with Gasteiger partial charge >= 0.3 is 12.3 Å². The number of aromatic nitrogens is 4. The van der Waals surface area contributed by atoms with Crippen LogP contribution in [0, 0.1) is 6.92 Å². The zero-order chi connectivity index (χ0) is 25.6. The molecule has 13 heteroatoms. The number of hydrogen-bond donors (Lipinski definition) is 2. The number of nitrogens with one attached hydrogen (secondary N) is 2. The largest absolute Gasteiger partial charge is 0.471 e. The molecule has 0 spiro atoms. The summed E-state index contributed by atoms with van der Waals surface area (Å²) in [5, 5.41) is 10.4. The highest BCUT2D eigenvalue weighted by atomic mass is 19.3. The lowest BCUT2D eigenvalue weighted by Gasteiger charge is -2.16. The molecule has 0 saturated heterocycles. The molecule has 3 heterocycles. The summed E-state index contributed by atoms with van der Waals surface area (Å²) >= 11 is 0. The molecule has 0 aromatic carbocycles. The van der Waals surface area contributed by atoms with E-state index in [0.29, 0.717) is 40.8 Å². The summed E-state index contributed by atoms with van der Waals surface area (Å²) in [4.78, 5) is 31.3. The van der Waals surface area contributed by atoms with Gasteiger partial charge in [-0.3, -0.25) is 19.3 Å². The van der Waals surface area contributed by atoms with E-state index in [1.165, 1.54) is 13.1 Å². The minimum Gasteiger partial charge on any atom is -0.471 e. The summed E-state index contributed by atoms with van der Waals surface area (Å²) in [5.74, 6) is -4.86. The lowest BCUT2D eigenvalue weighted by Crippen LogP contribution is -2.34. The van der Waals surface area contributed by atoms with Crippen LogP contribution in [0.15, 0.2) is 30.7 Å². The molecule has 2 amide bonds. The SMILES string of the molecule is CC(=O)NCCNC(=O)Cc1nccc2nn(Cc3cnc(OCC(F)(F)C(F)F)c(C)c3)cc12. The van der Waals surface area contributed by atoms with E-state index in [9.17, 15) is 27.2 Å². The van der Waals surface area contributed by atoms with E-state index >= 15 is 0 Å². The maximum atomic E-state index is 13.1. The number of alkyl halides is 4. The van der Waals surface area contributed by atoms with Gasteiger partial charge in [0.2, 0.25) is 17.7 Å². The van der Waals surface area contributed by atoms with Crippen molar-refractivity contribution in [2.24, 2.45) is 0 Å². The van der Waals surface area contributed by atoms with Crippen LogP contribution in [0.2, 0.25) is 0 Å². The zero-order valence-corrected chi connectivity index (χ0v) is 19.0. The van der Waals surface area contributed by atoms with Crippen LogP contribution in [0.25, 0.3) is 10.9 Å². The highest BCUT2D eigenvalue weighted by Crippen LogP contribution is 2.25. The Bertz CT molecular complexity index is 1200. The van der Waals surface area contributed by atoms with Crippen molar-refractivity contribution in [2.75, 3.05) is 19.7 Å². The Hall–Kier alpha value is -3.77. The third-order valence-electron chi connectivity index (χ3n) is 4.87. The van der Waals surface area contributed by atoms with Crippen molar-refractivity contribution in [3.8, 4) is 5.88 Å². The Balaban J connectivity index is 1.65. The molecule has 0 aliphatic rings. The monoisotopic (exact) mass is 496 g/mol. The van der Waals surface area contributed by atoms with E-state index in [0.717, 1.165) is 0 Å². The first-order valence-electron chi connectivity index (χ1n) is 10.6. The maximum absolute atomic E-state index is 13.1. The van der Waals surface area contributed by atoms with Crippen LogP contribution in [0.1, 0.15) is 23.7 Å². The standard InChI is InChI=1S/C22H24F4N6O3/c1-13-7-15(9-30-20(13)35-12-22(25,26)21(23)24)10-32-11-16-17(31-32)3-4-28-18(16)8-19(34)29-6-5-27-14(2)33/h3-4,7,9,11,21H,5-6,8,10,12H2,1-2H3,(H,27,33)(H,29,34). The van der Waals surface area contributed by atoms with Crippen molar-refractivity contribution in [2.45, 2.75) is 39.2 Å². The second kappa shape index (κ2) is 11.1. The molecule has 0 saturated carbocycles. The van der Waals surface area contributed by atoms with Crippen molar-refractivity contribution in [3.63, 3.8) is 0 Å². The molecule has 0 unspecified atom stereocenters. The molecule has 0 aliphatic carbocycles. The van der Waals surface area contributed by atoms with Crippen molar-refractivity contribution in [3.05, 3.63) is 47.5 Å². The fraction of sp³-hybridized carbons (Fsp3) is 0.409. The quantitative estimate of drug-likeness (QED) is 0.311. The molecular formula is C22H24F4N6O3. The number of pyridine rings is 2. The molecule has 35 heavy (non-hydrogen) atoms. The Morgan fingerprint density at radius 1 is 1.20 bits per heavy atom. The predicted molar refractivity (Wildman–Crippen MR) is 117 cm³/mol. The van der Waals surface area contributed by atoms with Crippen LogP contribution in [0.5, 0.6) is 5.88 Å². The first-order valence-corrected chi connectivity index (χ1v) is 10.6. The fourth-order valence-electron chi connectivity index (χ4n) is 3.20. The molecule has 3 aromatic heterocycles. The van der Waals surface area contributed by atoms with Crippen molar-refractivity contribution in [1.29, 1.82) is 0 Å². The Labute approximate surface area is 197 Å². The molecule has 0 atom stereocenters. The van der Waals surface area contributed by atoms with Crippen molar-refractivity contribution < 1.29 is 31.9 Å². The van der Waals surface area contributed by atoms with Gasteiger partial charge in [0.15, 0.2) is 6.61 Å². The minimum absolute atomic E-state index is 0.0268. The summed E-state index contributed by atoms with van der Waals surface area (Å²) in [7, 11) is 0. The number of amides is 2. The molecule has 3 rings (SSSR count). The van der Waals surface area contributed by atoms with Gasteiger partial charge in [0.1, 0.15) is 0 Å². The molecule has 2 N–H and O–H groups in total. The first-order chi connectivity index (χ1) is 16.5. The van der Waals surface area contributed by atoms with Gasteiger partial charge in [-0.2, -0.15) is 13.9 Å². The number of carbonyl (C=O) groups is 2. The van der Waals surface area contributed by atoms with Gasteiger partial charge in [0.25, 0.3) is 0 Å². The van der Waals surface area contributed by atoms with Gasteiger partial charge in [-0.15, -0.1) is 0 Å². The van der Waals surface area contributed by atoms with Gasteiger partial charge < -0.3 is 15.4 Å². The van der Waals surface area contributed by atoms with Crippen molar-refractivity contribution >= 4 is 22.7 Å². The number of rotatable bonds is 11. The molecule has 0 fully saturated rings. The highest BCUT2D eigenvalue weighted by molar-refractivity contribution is 5.86. The summed E-state index contributed by atoms with van der Waals surface area (Å²) in [6.45, 7) is 2.37. The number of aryl methyl sites for hydroxylation is 1. The summed E-state index contributed by atoms with van der Waals surface area (Å²) in [6.07, 6.45) is 0.860. The lowest BCUT2D eigenvalue weighted by atomic mass is 10.2. The summed E-state index contributed by atoms with van der Waals surface area (Å²) in [6, 6.07) is 3.34. The summed E-state index contributed by atoms with van der Waals surface area (Å²) < 4.78 is 57.2. The van der Waals surface area contributed by atoms with E-state index in [1.54, 1.807) is 36.1 Å². The number of carbonyl (C=O) groups excluding carboxylic acids is 2. The summed E-state index contributed by atoms with van der Waals surface area (Å²) in [5.41, 5.74) is 2.24. The molecule has 0 aliphatic heterocycles. The van der Waals surface area contributed by atoms with E-state index in [2.05, 4.69) is 25.7 Å². The van der Waals surface area contributed by atoms with E-state index < -0.39 is 19.0 Å². The highest BCUT2D eigenvalue weighted by Gasteiger charge is 2.42. The Kier molecular flexibility index (Phi) is 8.20. The third kappa shape index (κ3) is 7.11. The predicted octanol–water partition coefficient (Wildman–Crippen LogP) is 2.26. The van der Waals surface area contributed by atoms with E-state index in [-0.39, 0.29) is 30.7 Å². The third-order valence-corrected chi connectivity index (χ3v) is 4.87. The van der Waals surface area contributed by atoms with Gasteiger partial charge in [-0.05, 0) is 24.6 Å². The topological polar surface area (TPSA) is 111 Å². The zero-order valence-electron chi connectivity index (χ0n) is 19.0.